The Kier molecular flexibility index (Phi) is 11.3. The summed E-state index contributed by atoms with van der Waals surface area (Å²) in [5, 5.41) is 2.98. The topological polar surface area (TPSA) is 66.0 Å². The molecule has 1 aromatic carbocycles. The summed E-state index contributed by atoms with van der Waals surface area (Å²) < 4.78 is 36.9. The quantitative estimate of drug-likeness (QED) is 0.302. The fourth-order valence-corrected chi connectivity index (χ4v) is 3.99. The monoisotopic (exact) mass is 495 g/mol. The molecule has 1 aliphatic heterocycles. The third-order valence-electron chi connectivity index (χ3n) is 6.07. The Morgan fingerprint density at radius 2 is 1.74 bits per heavy atom. The largest absolute Gasteiger partial charge is 0.493 e. The molecule has 1 heterocycles. The molecule has 200 valence electrons. The van der Waals surface area contributed by atoms with Crippen LogP contribution in [-0.4, -0.2) is 42.8 Å². The van der Waals surface area contributed by atoms with Crippen molar-refractivity contribution in [2.75, 3.05) is 19.8 Å². The maximum absolute atomic E-state index is 13.8. The molecular formula is C28H46FNO5. The molecule has 6 nitrogen and oxygen atoms in total. The van der Waals surface area contributed by atoms with Gasteiger partial charge >= 0.3 is 6.09 Å². The summed E-state index contributed by atoms with van der Waals surface area (Å²) in [6.07, 6.45) is 7.78. The molecule has 1 saturated heterocycles. The van der Waals surface area contributed by atoms with Crippen LogP contribution in [0.25, 0.3) is 0 Å². The lowest BCUT2D eigenvalue weighted by Crippen LogP contribution is -2.61. The van der Waals surface area contributed by atoms with Crippen LogP contribution in [-0.2, 0) is 27.3 Å². The number of alkyl halides is 1. The predicted molar refractivity (Wildman–Crippen MR) is 137 cm³/mol. The maximum Gasteiger partial charge on any atom is 0.408 e. The molecule has 2 rings (SSSR count). The fraction of sp³-hybridized carbons (Fsp3) is 0.750. The second-order valence-electron chi connectivity index (χ2n) is 11.1. The Morgan fingerprint density at radius 3 is 2.37 bits per heavy atom. The van der Waals surface area contributed by atoms with Gasteiger partial charge < -0.3 is 24.3 Å². The van der Waals surface area contributed by atoms with Crippen LogP contribution in [0.1, 0.15) is 97.6 Å². The zero-order valence-corrected chi connectivity index (χ0v) is 22.6. The Hall–Kier alpha value is -1.86. The number of ether oxygens (including phenoxy) is 4. The van der Waals surface area contributed by atoms with E-state index < -0.39 is 29.7 Å². The number of nitrogens with one attached hydrogen (secondary N) is 1. The summed E-state index contributed by atoms with van der Waals surface area (Å²) in [5.41, 5.74) is 0.183. The van der Waals surface area contributed by atoms with Crippen LogP contribution >= 0.6 is 0 Å². The van der Waals surface area contributed by atoms with Gasteiger partial charge in [-0.2, -0.15) is 0 Å². The van der Waals surface area contributed by atoms with Crippen LogP contribution in [0.3, 0.4) is 0 Å². The number of unbranched alkanes of at least 4 members (excludes halogenated alkanes) is 5. The first-order valence-corrected chi connectivity index (χ1v) is 13.1. The van der Waals surface area contributed by atoms with Gasteiger partial charge in [0.25, 0.3) is 0 Å². The van der Waals surface area contributed by atoms with E-state index in [1.165, 1.54) is 25.7 Å². The SMILES string of the molecule is CCCCCCCCOc1ccc(CCC2(NC(=O)OC(C)(C)C)COC(C)(C)OC2)cc1CF. The number of alkyl carbamates (subject to hydrolysis) is 1. The normalized spacial score (nSPS) is 17.1. The molecule has 0 unspecified atom stereocenters. The number of carbonyl (C=O) groups is 1. The molecule has 1 amide bonds. The molecule has 0 saturated carbocycles. The highest BCUT2D eigenvalue weighted by Gasteiger charge is 2.42. The van der Waals surface area contributed by atoms with Gasteiger partial charge in [0.1, 0.15) is 18.0 Å². The average molecular weight is 496 g/mol. The van der Waals surface area contributed by atoms with Crippen molar-refractivity contribution in [2.45, 2.75) is 117 Å². The summed E-state index contributed by atoms with van der Waals surface area (Å²) in [4.78, 5) is 12.5. The predicted octanol–water partition coefficient (Wildman–Crippen LogP) is 6.87. The van der Waals surface area contributed by atoms with Crippen molar-refractivity contribution in [3.05, 3.63) is 29.3 Å². The average Bonchev–Trinajstić information content (AvgIpc) is 2.78. The number of aryl methyl sites for hydroxylation is 1. The molecule has 1 aliphatic rings. The van der Waals surface area contributed by atoms with Gasteiger partial charge in [-0.3, -0.25) is 0 Å². The fourth-order valence-electron chi connectivity index (χ4n) is 3.99. The first-order chi connectivity index (χ1) is 16.5. The first kappa shape index (κ1) is 29.4. The highest BCUT2D eigenvalue weighted by atomic mass is 19.1. The van der Waals surface area contributed by atoms with Gasteiger partial charge in [-0.05, 0) is 71.6 Å². The second kappa shape index (κ2) is 13.4. The van der Waals surface area contributed by atoms with E-state index in [0.29, 0.717) is 44.0 Å². The third kappa shape index (κ3) is 10.7. The number of hydrogen-bond donors (Lipinski definition) is 1. The van der Waals surface area contributed by atoms with E-state index in [-0.39, 0.29) is 0 Å². The Balaban J connectivity index is 1.97. The maximum atomic E-state index is 13.8. The zero-order chi connectivity index (χ0) is 26.0. The van der Waals surface area contributed by atoms with Crippen molar-refractivity contribution in [1.82, 2.24) is 5.32 Å². The molecule has 35 heavy (non-hydrogen) atoms. The molecule has 0 radical (unpaired) electrons. The number of hydrogen-bond acceptors (Lipinski definition) is 5. The Bertz CT molecular complexity index is 780. The molecule has 1 aromatic rings. The summed E-state index contributed by atoms with van der Waals surface area (Å²) in [7, 11) is 0. The minimum atomic E-state index is -0.735. The molecule has 7 heteroatoms. The summed E-state index contributed by atoms with van der Waals surface area (Å²) >= 11 is 0. The van der Waals surface area contributed by atoms with Crippen LogP contribution in [0.15, 0.2) is 18.2 Å². The first-order valence-electron chi connectivity index (χ1n) is 13.1. The van der Waals surface area contributed by atoms with Crippen molar-refractivity contribution in [1.29, 1.82) is 0 Å². The molecule has 1 N–H and O–H groups in total. The molecule has 0 bridgehead atoms. The number of benzene rings is 1. The molecule has 0 aliphatic carbocycles. The lowest BCUT2D eigenvalue weighted by Gasteiger charge is -2.44. The van der Waals surface area contributed by atoms with Crippen LogP contribution in [0.2, 0.25) is 0 Å². The van der Waals surface area contributed by atoms with E-state index in [0.717, 1.165) is 18.4 Å². The van der Waals surface area contributed by atoms with E-state index in [2.05, 4.69) is 12.2 Å². The third-order valence-corrected chi connectivity index (χ3v) is 6.07. The number of carbonyl (C=O) groups excluding carboxylic acids is 1. The van der Waals surface area contributed by atoms with E-state index in [1.54, 1.807) is 0 Å². The zero-order valence-electron chi connectivity index (χ0n) is 22.6. The highest BCUT2D eigenvalue weighted by molar-refractivity contribution is 5.69. The van der Waals surface area contributed by atoms with E-state index in [9.17, 15) is 9.18 Å². The summed E-state index contributed by atoms with van der Waals surface area (Å²) in [6.45, 7) is 12.0. The number of amides is 1. The standard InChI is InChI=1S/C28H46FNO5/c1-7-8-9-10-11-12-17-32-24-14-13-22(18-23(24)19-29)15-16-28(20-33-27(5,6)34-21-28)30-25(31)35-26(2,3)4/h13-14,18H,7-12,15-17,19-21H2,1-6H3,(H,30,31). The van der Waals surface area contributed by atoms with Crippen LogP contribution in [0.5, 0.6) is 5.75 Å². The van der Waals surface area contributed by atoms with E-state index in [4.69, 9.17) is 18.9 Å². The lowest BCUT2D eigenvalue weighted by molar-refractivity contribution is -0.271. The van der Waals surface area contributed by atoms with E-state index >= 15 is 0 Å². The second-order valence-corrected chi connectivity index (χ2v) is 11.1. The van der Waals surface area contributed by atoms with Gasteiger partial charge in [0, 0.05) is 5.56 Å². The van der Waals surface area contributed by atoms with Gasteiger partial charge in [-0.25, -0.2) is 9.18 Å². The van der Waals surface area contributed by atoms with Crippen molar-refractivity contribution in [3.8, 4) is 5.75 Å². The smallest absolute Gasteiger partial charge is 0.408 e. The van der Waals surface area contributed by atoms with Crippen LogP contribution in [0, 0.1) is 0 Å². The summed E-state index contributed by atoms with van der Waals surface area (Å²) in [6, 6.07) is 5.67. The number of rotatable bonds is 13. The van der Waals surface area contributed by atoms with Gasteiger partial charge in [-0.1, -0.05) is 45.1 Å². The van der Waals surface area contributed by atoms with Crippen molar-refractivity contribution in [3.63, 3.8) is 0 Å². The molecule has 0 aromatic heterocycles. The van der Waals surface area contributed by atoms with Gasteiger partial charge in [0.15, 0.2) is 5.79 Å². The van der Waals surface area contributed by atoms with Crippen LogP contribution in [0.4, 0.5) is 9.18 Å². The van der Waals surface area contributed by atoms with Gasteiger partial charge in [0.05, 0.1) is 25.4 Å². The van der Waals surface area contributed by atoms with Gasteiger partial charge in [0.2, 0.25) is 0 Å². The molecule has 0 spiro atoms. The van der Waals surface area contributed by atoms with Crippen molar-refractivity contribution < 1.29 is 28.1 Å². The highest BCUT2D eigenvalue weighted by Crippen LogP contribution is 2.29. The molecular weight excluding hydrogens is 449 g/mol. The minimum Gasteiger partial charge on any atom is -0.493 e. The van der Waals surface area contributed by atoms with E-state index in [1.807, 2.05) is 52.8 Å². The Morgan fingerprint density at radius 1 is 1.09 bits per heavy atom. The van der Waals surface area contributed by atoms with Crippen molar-refractivity contribution in [2.24, 2.45) is 0 Å². The summed E-state index contributed by atoms with van der Waals surface area (Å²) in [5.74, 6) is -0.104. The minimum absolute atomic E-state index is 0.300. The van der Waals surface area contributed by atoms with Crippen LogP contribution < -0.4 is 10.1 Å². The van der Waals surface area contributed by atoms with Gasteiger partial charge in [-0.15, -0.1) is 0 Å². The molecule has 0 atom stereocenters. The lowest BCUT2D eigenvalue weighted by atomic mass is 9.91. The Labute approximate surface area is 211 Å². The number of halogens is 1. The molecule has 1 fully saturated rings. The van der Waals surface area contributed by atoms with Crippen molar-refractivity contribution >= 4 is 6.09 Å².